The predicted octanol–water partition coefficient (Wildman–Crippen LogP) is 0.667. The van der Waals surface area contributed by atoms with Gasteiger partial charge in [0.25, 0.3) is 5.56 Å². The van der Waals surface area contributed by atoms with Crippen molar-refractivity contribution in [3.63, 3.8) is 0 Å². The number of H-pyrrole nitrogens is 1. The van der Waals surface area contributed by atoms with Gasteiger partial charge in [-0.2, -0.15) is 0 Å². The van der Waals surface area contributed by atoms with E-state index in [4.69, 9.17) is 0 Å². The minimum absolute atomic E-state index is 0.0906. The van der Waals surface area contributed by atoms with E-state index in [2.05, 4.69) is 20.6 Å². The molecule has 1 aromatic rings. The minimum atomic E-state index is -0.0906. The van der Waals surface area contributed by atoms with Gasteiger partial charge in [0.2, 0.25) is 0 Å². The van der Waals surface area contributed by atoms with Crippen LogP contribution in [0, 0.1) is 0 Å². The van der Waals surface area contributed by atoms with Gasteiger partial charge in [-0.1, -0.05) is 13.8 Å². The SMILES string of the molecule is CC(C)c1nc(NC2CCNC2)cc(=O)[nH]1. The molecule has 0 radical (unpaired) electrons. The van der Waals surface area contributed by atoms with Crippen LogP contribution in [0.5, 0.6) is 0 Å². The van der Waals surface area contributed by atoms with E-state index in [1.54, 1.807) is 0 Å². The van der Waals surface area contributed by atoms with E-state index in [9.17, 15) is 4.79 Å². The molecule has 3 N–H and O–H groups in total. The van der Waals surface area contributed by atoms with Gasteiger partial charge in [0.05, 0.1) is 0 Å². The lowest BCUT2D eigenvalue weighted by Gasteiger charge is -2.13. The maximum atomic E-state index is 11.4. The van der Waals surface area contributed by atoms with Crippen LogP contribution in [0.3, 0.4) is 0 Å². The van der Waals surface area contributed by atoms with Crippen molar-refractivity contribution < 1.29 is 0 Å². The van der Waals surface area contributed by atoms with Crippen LogP contribution in [0.1, 0.15) is 32.0 Å². The lowest BCUT2D eigenvalue weighted by molar-refractivity contribution is 0.749. The summed E-state index contributed by atoms with van der Waals surface area (Å²) in [5.41, 5.74) is -0.0906. The molecule has 0 spiro atoms. The number of nitrogens with zero attached hydrogens (tertiary/aromatic N) is 1. The Hall–Kier alpha value is -1.36. The fourth-order valence-corrected chi connectivity index (χ4v) is 1.81. The third-order valence-electron chi connectivity index (χ3n) is 2.72. The summed E-state index contributed by atoms with van der Waals surface area (Å²) < 4.78 is 0. The van der Waals surface area contributed by atoms with Crippen molar-refractivity contribution in [1.82, 2.24) is 15.3 Å². The van der Waals surface area contributed by atoms with Gasteiger partial charge in [-0.25, -0.2) is 4.98 Å². The fourth-order valence-electron chi connectivity index (χ4n) is 1.81. The molecule has 0 saturated carbocycles. The molecule has 1 fully saturated rings. The molecule has 0 bridgehead atoms. The molecule has 2 heterocycles. The molecule has 0 aliphatic carbocycles. The smallest absolute Gasteiger partial charge is 0.252 e. The highest BCUT2D eigenvalue weighted by atomic mass is 16.1. The highest BCUT2D eigenvalue weighted by Crippen LogP contribution is 2.11. The van der Waals surface area contributed by atoms with E-state index >= 15 is 0 Å². The predicted molar refractivity (Wildman–Crippen MR) is 63.8 cm³/mol. The van der Waals surface area contributed by atoms with Crippen molar-refractivity contribution in [1.29, 1.82) is 0 Å². The monoisotopic (exact) mass is 222 g/mol. The normalized spacial score (nSPS) is 20.3. The molecule has 1 atom stereocenters. The number of hydrogen-bond acceptors (Lipinski definition) is 4. The largest absolute Gasteiger partial charge is 0.366 e. The molecule has 5 nitrogen and oxygen atoms in total. The molecule has 88 valence electrons. The highest BCUT2D eigenvalue weighted by molar-refractivity contribution is 5.35. The van der Waals surface area contributed by atoms with E-state index in [0.29, 0.717) is 11.9 Å². The second-order valence-corrected chi connectivity index (χ2v) is 4.50. The van der Waals surface area contributed by atoms with Crippen LogP contribution in [-0.4, -0.2) is 29.1 Å². The average molecular weight is 222 g/mol. The summed E-state index contributed by atoms with van der Waals surface area (Å²) >= 11 is 0. The van der Waals surface area contributed by atoms with Crippen LogP contribution in [0.15, 0.2) is 10.9 Å². The minimum Gasteiger partial charge on any atom is -0.366 e. The number of aromatic amines is 1. The third kappa shape index (κ3) is 2.61. The summed E-state index contributed by atoms with van der Waals surface area (Å²) in [6, 6.07) is 1.90. The average Bonchev–Trinajstić information content (AvgIpc) is 2.69. The first kappa shape index (κ1) is 11.1. The zero-order valence-corrected chi connectivity index (χ0v) is 9.71. The van der Waals surface area contributed by atoms with E-state index in [-0.39, 0.29) is 11.5 Å². The van der Waals surface area contributed by atoms with Crippen LogP contribution < -0.4 is 16.2 Å². The maximum absolute atomic E-state index is 11.4. The molecule has 0 amide bonds. The maximum Gasteiger partial charge on any atom is 0.252 e. The standard InChI is InChI=1S/C11H18N4O/c1-7(2)11-14-9(5-10(16)15-11)13-8-3-4-12-6-8/h5,7-8,12H,3-4,6H2,1-2H3,(H2,13,14,15,16). The zero-order valence-electron chi connectivity index (χ0n) is 9.71. The van der Waals surface area contributed by atoms with E-state index in [1.807, 2.05) is 13.8 Å². The molecule has 1 unspecified atom stereocenters. The van der Waals surface area contributed by atoms with Crippen LogP contribution in [0.25, 0.3) is 0 Å². The van der Waals surface area contributed by atoms with Gasteiger partial charge >= 0.3 is 0 Å². The molecule has 16 heavy (non-hydrogen) atoms. The van der Waals surface area contributed by atoms with E-state index in [1.165, 1.54) is 6.07 Å². The van der Waals surface area contributed by atoms with Gasteiger partial charge in [0.1, 0.15) is 11.6 Å². The Kier molecular flexibility index (Phi) is 3.24. The van der Waals surface area contributed by atoms with Crippen molar-refractivity contribution >= 4 is 5.82 Å². The van der Waals surface area contributed by atoms with Gasteiger partial charge in [-0.15, -0.1) is 0 Å². The number of rotatable bonds is 3. The molecule has 2 rings (SSSR count). The van der Waals surface area contributed by atoms with Gasteiger partial charge in [0, 0.05) is 24.6 Å². The summed E-state index contributed by atoms with van der Waals surface area (Å²) in [6.45, 7) is 5.99. The quantitative estimate of drug-likeness (QED) is 0.703. The van der Waals surface area contributed by atoms with Gasteiger partial charge in [-0.3, -0.25) is 4.79 Å². The highest BCUT2D eigenvalue weighted by Gasteiger charge is 2.15. The fraction of sp³-hybridized carbons (Fsp3) is 0.636. The topological polar surface area (TPSA) is 69.8 Å². The van der Waals surface area contributed by atoms with Crippen LogP contribution in [0.4, 0.5) is 5.82 Å². The lowest BCUT2D eigenvalue weighted by atomic mass is 10.2. The first-order valence-corrected chi connectivity index (χ1v) is 5.73. The molecule has 1 aromatic heterocycles. The van der Waals surface area contributed by atoms with Crippen LogP contribution in [-0.2, 0) is 0 Å². The lowest BCUT2D eigenvalue weighted by Crippen LogP contribution is -2.24. The van der Waals surface area contributed by atoms with Crippen LogP contribution >= 0.6 is 0 Å². The van der Waals surface area contributed by atoms with Crippen molar-refractivity contribution in [3.05, 3.63) is 22.2 Å². The van der Waals surface area contributed by atoms with Gasteiger partial charge < -0.3 is 15.6 Å². The summed E-state index contributed by atoms with van der Waals surface area (Å²) in [7, 11) is 0. The molecular weight excluding hydrogens is 204 g/mol. The summed E-state index contributed by atoms with van der Waals surface area (Å²) in [6.07, 6.45) is 1.07. The van der Waals surface area contributed by atoms with Crippen LogP contribution in [0.2, 0.25) is 0 Å². The number of hydrogen-bond donors (Lipinski definition) is 3. The van der Waals surface area contributed by atoms with Gasteiger partial charge in [0.15, 0.2) is 0 Å². The first-order valence-electron chi connectivity index (χ1n) is 5.73. The van der Waals surface area contributed by atoms with Crippen molar-refractivity contribution in [2.45, 2.75) is 32.2 Å². The second-order valence-electron chi connectivity index (χ2n) is 4.50. The third-order valence-corrected chi connectivity index (χ3v) is 2.72. The summed E-state index contributed by atoms with van der Waals surface area (Å²) in [4.78, 5) is 18.6. The molecule has 1 saturated heterocycles. The Morgan fingerprint density at radius 1 is 1.56 bits per heavy atom. The molecular formula is C11H18N4O. The number of nitrogens with one attached hydrogen (secondary N) is 3. The van der Waals surface area contributed by atoms with Crippen molar-refractivity contribution in [2.24, 2.45) is 0 Å². The summed E-state index contributed by atoms with van der Waals surface area (Å²) in [5, 5.41) is 6.55. The Balaban J connectivity index is 2.16. The van der Waals surface area contributed by atoms with E-state index in [0.717, 1.165) is 25.3 Å². The first-order chi connectivity index (χ1) is 7.65. The molecule has 1 aliphatic heterocycles. The Morgan fingerprint density at radius 2 is 2.38 bits per heavy atom. The molecule has 0 aromatic carbocycles. The number of anilines is 1. The molecule has 1 aliphatic rings. The Bertz CT molecular complexity index is 407. The second kappa shape index (κ2) is 4.65. The van der Waals surface area contributed by atoms with Gasteiger partial charge in [-0.05, 0) is 13.0 Å². The van der Waals surface area contributed by atoms with Crippen molar-refractivity contribution in [2.75, 3.05) is 18.4 Å². The zero-order chi connectivity index (χ0) is 11.5. The van der Waals surface area contributed by atoms with E-state index < -0.39 is 0 Å². The van der Waals surface area contributed by atoms with Crippen molar-refractivity contribution in [3.8, 4) is 0 Å². The molecule has 5 heteroatoms. The summed E-state index contributed by atoms with van der Waals surface area (Å²) in [5.74, 6) is 1.65. The number of aromatic nitrogens is 2. The Morgan fingerprint density at radius 3 is 3.00 bits per heavy atom. The Labute approximate surface area is 94.7 Å².